The molecule has 0 fully saturated rings. The van der Waals surface area contributed by atoms with Crippen LogP contribution >= 0.6 is 0 Å². The van der Waals surface area contributed by atoms with Crippen LogP contribution < -0.4 is 10.6 Å². The summed E-state index contributed by atoms with van der Waals surface area (Å²) in [5, 5.41) is 17.4. The summed E-state index contributed by atoms with van der Waals surface area (Å²) in [4.78, 5) is 12.1. The van der Waals surface area contributed by atoms with Gasteiger partial charge in [0.1, 0.15) is 5.76 Å². The zero-order valence-electron chi connectivity index (χ0n) is 13.2. The summed E-state index contributed by atoms with van der Waals surface area (Å²) >= 11 is 0. The molecule has 2 amide bonds. The number of nitrogens with one attached hydrogen (secondary N) is 2. The quantitative estimate of drug-likeness (QED) is 0.768. The van der Waals surface area contributed by atoms with Crippen LogP contribution in [0.1, 0.15) is 23.9 Å². The van der Waals surface area contributed by atoms with Crippen LogP contribution in [-0.2, 0) is 6.42 Å². The van der Waals surface area contributed by atoms with E-state index in [0.717, 1.165) is 17.0 Å². The number of hydrogen-bond acceptors (Lipinski definition) is 5. The number of urea groups is 1. The van der Waals surface area contributed by atoms with Crippen LogP contribution in [0.25, 0.3) is 5.65 Å². The molecule has 0 saturated carbocycles. The molecule has 0 aromatic carbocycles. The lowest BCUT2D eigenvalue weighted by Crippen LogP contribution is -2.37. The molecular formula is C15H18N6O2. The highest BCUT2D eigenvalue weighted by atomic mass is 16.5. The maximum Gasteiger partial charge on any atom is 0.321 e. The Labute approximate surface area is 132 Å². The van der Waals surface area contributed by atoms with Gasteiger partial charge in [0.05, 0.1) is 5.69 Å². The Morgan fingerprint density at radius 3 is 2.91 bits per heavy atom. The van der Waals surface area contributed by atoms with Crippen molar-refractivity contribution in [3.63, 3.8) is 0 Å². The van der Waals surface area contributed by atoms with E-state index in [2.05, 4.69) is 26.0 Å². The van der Waals surface area contributed by atoms with E-state index in [1.54, 1.807) is 10.6 Å². The Balaban J connectivity index is 1.63. The predicted octanol–water partition coefficient (Wildman–Crippen LogP) is 2.09. The first-order valence-corrected chi connectivity index (χ1v) is 7.33. The molecule has 0 aliphatic rings. The van der Waals surface area contributed by atoms with Gasteiger partial charge in [-0.15, -0.1) is 10.2 Å². The van der Waals surface area contributed by atoms with E-state index in [1.807, 2.05) is 39.0 Å². The normalized spacial score (nSPS) is 12.3. The first-order chi connectivity index (χ1) is 11.0. The van der Waals surface area contributed by atoms with Crippen molar-refractivity contribution in [3.05, 3.63) is 41.4 Å². The molecule has 1 unspecified atom stereocenters. The molecule has 1 atom stereocenters. The van der Waals surface area contributed by atoms with E-state index in [4.69, 9.17) is 4.52 Å². The molecule has 3 heterocycles. The number of aryl methyl sites for hydroxylation is 2. The summed E-state index contributed by atoms with van der Waals surface area (Å²) in [5.41, 5.74) is 2.54. The number of carbonyl (C=O) groups excluding carboxylic acids is 1. The molecule has 3 aromatic heterocycles. The van der Waals surface area contributed by atoms with E-state index >= 15 is 0 Å². The van der Waals surface area contributed by atoms with Gasteiger partial charge in [-0.1, -0.05) is 11.2 Å². The summed E-state index contributed by atoms with van der Waals surface area (Å²) in [5.74, 6) is 1.16. The number of pyridine rings is 1. The highest BCUT2D eigenvalue weighted by Gasteiger charge is 2.15. The minimum atomic E-state index is -0.331. The molecule has 0 radical (unpaired) electrons. The number of hydrogen-bond donors (Lipinski definition) is 2. The lowest BCUT2D eigenvalue weighted by Gasteiger charge is -2.13. The van der Waals surface area contributed by atoms with E-state index < -0.39 is 0 Å². The number of aromatic nitrogens is 4. The lowest BCUT2D eigenvalue weighted by molar-refractivity contribution is 0.249. The fourth-order valence-electron chi connectivity index (χ4n) is 2.44. The van der Waals surface area contributed by atoms with Gasteiger partial charge in [-0.3, -0.25) is 9.72 Å². The Morgan fingerprint density at radius 1 is 1.35 bits per heavy atom. The van der Waals surface area contributed by atoms with Gasteiger partial charge in [-0.25, -0.2) is 4.79 Å². The fourth-order valence-corrected chi connectivity index (χ4v) is 2.44. The third kappa shape index (κ3) is 3.15. The molecule has 120 valence electrons. The van der Waals surface area contributed by atoms with Gasteiger partial charge in [0.2, 0.25) is 5.95 Å². The third-order valence-corrected chi connectivity index (χ3v) is 3.61. The molecular weight excluding hydrogens is 296 g/mol. The van der Waals surface area contributed by atoms with Gasteiger partial charge in [-0.05, 0) is 39.3 Å². The number of anilines is 1. The van der Waals surface area contributed by atoms with Crippen molar-refractivity contribution in [2.24, 2.45) is 0 Å². The van der Waals surface area contributed by atoms with E-state index in [1.165, 1.54) is 0 Å². The topological polar surface area (TPSA) is 97.3 Å². The van der Waals surface area contributed by atoms with Gasteiger partial charge < -0.3 is 9.84 Å². The molecule has 8 nitrogen and oxygen atoms in total. The molecule has 8 heteroatoms. The van der Waals surface area contributed by atoms with Crippen molar-refractivity contribution in [1.82, 2.24) is 25.1 Å². The second-order valence-electron chi connectivity index (χ2n) is 5.46. The molecule has 3 aromatic rings. The van der Waals surface area contributed by atoms with Crippen LogP contribution in [0.2, 0.25) is 0 Å². The van der Waals surface area contributed by atoms with E-state index in [0.29, 0.717) is 18.0 Å². The minimum Gasteiger partial charge on any atom is -0.361 e. The maximum atomic E-state index is 12.1. The monoisotopic (exact) mass is 314 g/mol. The van der Waals surface area contributed by atoms with Crippen LogP contribution in [0.5, 0.6) is 0 Å². The summed E-state index contributed by atoms with van der Waals surface area (Å²) in [6.07, 6.45) is 2.44. The van der Waals surface area contributed by atoms with E-state index in [-0.39, 0.29) is 12.1 Å². The molecule has 0 spiro atoms. The average molecular weight is 314 g/mol. The van der Waals surface area contributed by atoms with Crippen LogP contribution in [0.15, 0.2) is 28.9 Å². The summed E-state index contributed by atoms with van der Waals surface area (Å²) in [6.45, 7) is 5.68. The van der Waals surface area contributed by atoms with Crippen LogP contribution in [-0.4, -0.2) is 31.8 Å². The molecule has 2 N–H and O–H groups in total. The first-order valence-electron chi connectivity index (χ1n) is 7.33. The van der Waals surface area contributed by atoms with E-state index in [9.17, 15) is 4.79 Å². The Bertz CT molecular complexity index is 818. The lowest BCUT2D eigenvalue weighted by atomic mass is 10.1. The second kappa shape index (κ2) is 6.07. The number of amides is 2. The van der Waals surface area contributed by atoms with Crippen LogP contribution in [0, 0.1) is 13.8 Å². The van der Waals surface area contributed by atoms with Gasteiger partial charge >= 0.3 is 6.03 Å². The van der Waals surface area contributed by atoms with Crippen LogP contribution in [0.4, 0.5) is 10.7 Å². The van der Waals surface area contributed by atoms with Crippen molar-refractivity contribution in [2.75, 3.05) is 5.32 Å². The SMILES string of the molecule is Cc1noc(C)c1CC(C)NC(=O)Nc1nnc2ccccn12. The largest absolute Gasteiger partial charge is 0.361 e. The zero-order chi connectivity index (χ0) is 16.4. The number of rotatable bonds is 4. The smallest absolute Gasteiger partial charge is 0.321 e. The Hall–Kier alpha value is -2.90. The highest BCUT2D eigenvalue weighted by Crippen LogP contribution is 2.14. The Kier molecular flexibility index (Phi) is 3.96. The molecule has 23 heavy (non-hydrogen) atoms. The fraction of sp³-hybridized carbons (Fsp3) is 0.333. The van der Waals surface area contributed by atoms with Crippen molar-refractivity contribution in [3.8, 4) is 0 Å². The molecule has 0 bridgehead atoms. The van der Waals surface area contributed by atoms with Gasteiger partial charge in [0, 0.05) is 17.8 Å². The number of carbonyl (C=O) groups is 1. The highest BCUT2D eigenvalue weighted by molar-refractivity contribution is 5.87. The average Bonchev–Trinajstić information content (AvgIpc) is 3.06. The zero-order valence-corrected chi connectivity index (χ0v) is 13.2. The van der Waals surface area contributed by atoms with Crippen LogP contribution in [0.3, 0.4) is 0 Å². The molecule has 0 aliphatic carbocycles. The molecule has 0 aliphatic heterocycles. The van der Waals surface area contributed by atoms with Gasteiger partial charge in [0.15, 0.2) is 5.65 Å². The summed E-state index contributed by atoms with van der Waals surface area (Å²) in [6, 6.07) is 5.11. The van der Waals surface area contributed by atoms with Gasteiger partial charge in [-0.2, -0.15) is 0 Å². The molecule has 3 rings (SSSR count). The number of nitrogens with zero attached hydrogens (tertiary/aromatic N) is 4. The molecule has 0 saturated heterocycles. The first kappa shape index (κ1) is 15.0. The minimum absolute atomic E-state index is 0.0778. The Morgan fingerprint density at radius 2 is 2.17 bits per heavy atom. The number of fused-ring (bicyclic) bond motifs is 1. The summed E-state index contributed by atoms with van der Waals surface area (Å²) in [7, 11) is 0. The van der Waals surface area contributed by atoms with Crippen molar-refractivity contribution >= 4 is 17.6 Å². The van der Waals surface area contributed by atoms with Crippen molar-refractivity contribution < 1.29 is 9.32 Å². The van der Waals surface area contributed by atoms with Crippen molar-refractivity contribution in [1.29, 1.82) is 0 Å². The second-order valence-corrected chi connectivity index (χ2v) is 5.46. The van der Waals surface area contributed by atoms with Gasteiger partial charge in [0.25, 0.3) is 0 Å². The standard InChI is InChI=1S/C15H18N6O2/c1-9(8-12-10(2)20-23-11(12)3)16-15(22)17-14-19-18-13-6-4-5-7-21(13)14/h4-7,9H,8H2,1-3H3,(H2,16,17,19,22). The predicted molar refractivity (Wildman–Crippen MR) is 84.3 cm³/mol. The third-order valence-electron chi connectivity index (χ3n) is 3.61. The summed E-state index contributed by atoms with van der Waals surface area (Å²) < 4.78 is 6.84. The van der Waals surface area contributed by atoms with Crippen molar-refractivity contribution in [2.45, 2.75) is 33.2 Å². The maximum absolute atomic E-state index is 12.1.